The van der Waals surface area contributed by atoms with Crippen LogP contribution in [0.2, 0.25) is 0 Å². The van der Waals surface area contributed by atoms with Crippen LogP contribution in [0.3, 0.4) is 0 Å². The third-order valence-corrected chi connectivity index (χ3v) is 8.16. The minimum absolute atomic E-state index is 0.244. The van der Waals surface area contributed by atoms with E-state index < -0.39 is 0 Å². The number of hydrogen-bond acceptors (Lipinski definition) is 9. The molecule has 0 aliphatic carbocycles. The Morgan fingerprint density at radius 2 is 1.97 bits per heavy atom. The zero-order chi connectivity index (χ0) is 26.9. The number of aryl methyl sites for hydroxylation is 1. The molecule has 1 fully saturated rings. The minimum Gasteiger partial charge on any atom is -0.399 e. The molecule has 0 spiro atoms. The molecule has 200 valence electrons. The average molecular weight is 543 g/mol. The molecule has 0 bridgehead atoms. The number of amides is 1. The Labute approximate surface area is 229 Å². The number of para-hydroxylation sites is 1. The van der Waals surface area contributed by atoms with Crippen molar-refractivity contribution in [3.63, 3.8) is 0 Å². The maximum atomic E-state index is 13.8. The fourth-order valence-corrected chi connectivity index (χ4v) is 6.19. The monoisotopic (exact) mass is 542 g/mol. The van der Waals surface area contributed by atoms with Crippen LogP contribution < -0.4 is 15.6 Å². The van der Waals surface area contributed by atoms with Crippen molar-refractivity contribution < 1.29 is 9.63 Å². The summed E-state index contributed by atoms with van der Waals surface area (Å²) in [5.41, 5.74) is 3.67. The number of anilines is 1. The zero-order valence-corrected chi connectivity index (χ0v) is 23.0. The Bertz CT molecular complexity index is 1740. The first-order chi connectivity index (χ1) is 19.0. The largest absolute Gasteiger partial charge is 0.399 e. The van der Waals surface area contributed by atoms with E-state index in [1.807, 2.05) is 31.2 Å². The van der Waals surface area contributed by atoms with Crippen molar-refractivity contribution in [1.29, 1.82) is 0 Å². The SMILES string of the molecule is CON=c1c(C(=O)NCc2cnc(C)cn2)c2sc3ccccc3n2c2nc(N3CCCN(C)CC3)ccc12. The Morgan fingerprint density at radius 3 is 2.79 bits per heavy atom. The van der Waals surface area contributed by atoms with Crippen LogP contribution in [0.4, 0.5) is 5.82 Å². The van der Waals surface area contributed by atoms with Gasteiger partial charge in [0.2, 0.25) is 0 Å². The van der Waals surface area contributed by atoms with Crippen molar-refractivity contribution in [1.82, 2.24) is 29.6 Å². The van der Waals surface area contributed by atoms with Gasteiger partial charge in [0, 0.05) is 31.2 Å². The van der Waals surface area contributed by atoms with Crippen molar-refractivity contribution in [2.24, 2.45) is 5.16 Å². The van der Waals surface area contributed by atoms with Crippen molar-refractivity contribution in [3.8, 4) is 0 Å². The molecule has 1 saturated heterocycles. The molecule has 0 radical (unpaired) electrons. The molecule has 0 atom stereocenters. The quantitative estimate of drug-likeness (QED) is 0.340. The lowest BCUT2D eigenvalue weighted by Crippen LogP contribution is -2.31. The maximum Gasteiger partial charge on any atom is 0.256 e. The van der Waals surface area contributed by atoms with Crippen LogP contribution in [-0.2, 0) is 11.4 Å². The lowest BCUT2D eigenvalue weighted by Gasteiger charge is -2.22. The number of rotatable bonds is 5. The van der Waals surface area contributed by atoms with Gasteiger partial charge in [0.25, 0.3) is 5.91 Å². The van der Waals surface area contributed by atoms with Crippen LogP contribution in [0.25, 0.3) is 26.1 Å². The number of nitrogens with zero attached hydrogens (tertiary/aromatic N) is 7. The number of carbonyl (C=O) groups is 1. The Balaban J connectivity index is 1.54. The first-order valence-corrected chi connectivity index (χ1v) is 13.8. The number of aromatic nitrogens is 4. The van der Waals surface area contributed by atoms with Crippen molar-refractivity contribution >= 4 is 49.1 Å². The fraction of sp³-hybridized carbons (Fsp3) is 0.321. The number of fused-ring (bicyclic) bond motifs is 5. The van der Waals surface area contributed by atoms with Crippen molar-refractivity contribution in [3.05, 3.63) is 71.1 Å². The molecule has 4 aromatic heterocycles. The van der Waals surface area contributed by atoms with E-state index in [1.54, 1.807) is 12.4 Å². The summed E-state index contributed by atoms with van der Waals surface area (Å²) >= 11 is 1.54. The zero-order valence-electron chi connectivity index (χ0n) is 22.2. The molecule has 1 aromatic carbocycles. The first kappa shape index (κ1) is 25.2. The Kier molecular flexibility index (Phi) is 6.84. The second-order valence-corrected chi connectivity index (χ2v) is 10.8. The van der Waals surface area contributed by atoms with Gasteiger partial charge in [0.15, 0.2) is 0 Å². The molecule has 5 heterocycles. The van der Waals surface area contributed by atoms with Gasteiger partial charge in [-0.15, -0.1) is 11.3 Å². The minimum atomic E-state index is -0.265. The topological polar surface area (TPSA) is 100 Å². The van der Waals surface area contributed by atoms with Crippen LogP contribution in [0, 0.1) is 6.92 Å². The van der Waals surface area contributed by atoms with Crippen molar-refractivity contribution in [2.45, 2.75) is 19.9 Å². The molecule has 0 saturated carbocycles. The van der Waals surface area contributed by atoms with Crippen molar-refractivity contribution in [2.75, 3.05) is 45.2 Å². The second-order valence-electron chi connectivity index (χ2n) is 9.72. The van der Waals surface area contributed by atoms with E-state index in [2.05, 4.69) is 53.8 Å². The van der Waals surface area contributed by atoms with E-state index in [0.717, 1.165) is 70.2 Å². The molecule has 1 N–H and O–H groups in total. The highest BCUT2D eigenvalue weighted by atomic mass is 32.1. The van der Waals surface area contributed by atoms with Crippen LogP contribution in [0.15, 0.2) is 53.9 Å². The van der Waals surface area contributed by atoms with Crippen LogP contribution in [0.5, 0.6) is 0 Å². The molecule has 6 rings (SSSR count). The highest BCUT2D eigenvalue weighted by Gasteiger charge is 2.23. The molecular formula is C28H30N8O2S. The van der Waals surface area contributed by atoms with Gasteiger partial charge in [0.05, 0.1) is 34.3 Å². The lowest BCUT2D eigenvalue weighted by molar-refractivity contribution is 0.0948. The molecule has 10 nitrogen and oxygen atoms in total. The first-order valence-electron chi connectivity index (χ1n) is 13.0. The molecule has 1 aliphatic heterocycles. The maximum absolute atomic E-state index is 13.8. The smallest absolute Gasteiger partial charge is 0.256 e. The predicted octanol–water partition coefficient (Wildman–Crippen LogP) is 3.33. The van der Waals surface area contributed by atoms with Gasteiger partial charge >= 0.3 is 0 Å². The van der Waals surface area contributed by atoms with Gasteiger partial charge in [-0.3, -0.25) is 19.2 Å². The molecule has 1 aliphatic rings. The molecule has 11 heteroatoms. The number of hydrogen-bond donors (Lipinski definition) is 1. The number of nitrogens with one attached hydrogen (secondary N) is 1. The highest BCUT2D eigenvalue weighted by molar-refractivity contribution is 7.24. The average Bonchev–Trinajstić information content (AvgIpc) is 3.20. The summed E-state index contributed by atoms with van der Waals surface area (Å²) in [6.07, 6.45) is 4.44. The van der Waals surface area contributed by atoms with E-state index >= 15 is 0 Å². The summed E-state index contributed by atoms with van der Waals surface area (Å²) < 4.78 is 3.13. The number of benzene rings is 1. The van der Waals surface area contributed by atoms with Crippen LogP contribution in [0.1, 0.15) is 28.2 Å². The summed E-state index contributed by atoms with van der Waals surface area (Å²) in [5.74, 6) is 0.652. The molecule has 1 amide bonds. The summed E-state index contributed by atoms with van der Waals surface area (Å²) in [7, 11) is 3.65. The lowest BCUT2D eigenvalue weighted by atomic mass is 10.1. The van der Waals surface area contributed by atoms with Crippen LogP contribution in [-0.4, -0.2) is 70.5 Å². The Morgan fingerprint density at radius 1 is 1.10 bits per heavy atom. The standard InChI is InChI=1S/C28H30N8O2S/c1-18-15-30-19(16-29-18)17-31-27(37)24-25(33-38-3)20-9-10-23(35-12-6-11-34(2)13-14-35)32-26(20)36-21-7-4-5-8-22(21)39-28(24)36/h4-5,7-10,15-16H,6,11-14,17H2,1-3H3,(H,31,37). The van der Waals surface area contributed by atoms with E-state index in [-0.39, 0.29) is 12.5 Å². The summed E-state index contributed by atoms with van der Waals surface area (Å²) in [5, 5.41) is 8.57. The normalized spacial score (nSPS) is 15.3. The Hall–Kier alpha value is -4.09. The second kappa shape index (κ2) is 10.6. The fourth-order valence-electron chi connectivity index (χ4n) is 5.00. The van der Waals surface area contributed by atoms with Gasteiger partial charge in [-0.1, -0.05) is 17.3 Å². The number of likely N-dealkylation sites (N-methyl/N-ethyl adjacent to an activating group) is 1. The number of pyridine rings is 2. The highest BCUT2D eigenvalue weighted by Crippen LogP contribution is 2.31. The summed E-state index contributed by atoms with van der Waals surface area (Å²) in [6.45, 7) is 6.03. The third-order valence-electron chi connectivity index (χ3n) is 7.01. The van der Waals surface area contributed by atoms with Gasteiger partial charge < -0.3 is 20.0 Å². The number of thiazole rings is 1. The van der Waals surface area contributed by atoms with Gasteiger partial charge in [-0.25, -0.2) is 4.98 Å². The molecular weight excluding hydrogens is 512 g/mol. The molecule has 5 aromatic rings. The predicted molar refractivity (Wildman–Crippen MR) is 153 cm³/mol. The molecule has 0 unspecified atom stereocenters. The number of carbonyl (C=O) groups excluding carboxylic acids is 1. The third kappa shape index (κ3) is 4.79. The van der Waals surface area contributed by atoms with Gasteiger partial charge in [-0.2, -0.15) is 0 Å². The van der Waals surface area contributed by atoms with Gasteiger partial charge in [0.1, 0.15) is 34.3 Å². The summed E-state index contributed by atoms with van der Waals surface area (Å²) in [4.78, 5) is 38.3. The summed E-state index contributed by atoms with van der Waals surface area (Å²) in [6, 6.07) is 12.2. The molecule has 39 heavy (non-hydrogen) atoms. The van der Waals surface area contributed by atoms with E-state index in [9.17, 15) is 4.79 Å². The van der Waals surface area contributed by atoms with Crippen LogP contribution >= 0.6 is 11.3 Å². The van der Waals surface area contributed by atoms with Gasteiger partial charge in [-0.05, 0) is 51.2 Å². The van der Waals surface area contributed by atoms with E-state index in [1.165, 1.54) is 18.4 Å². The van der Waals surface area contributed by atoms with E-state index in [0.29, 0.717) is 16.6 Å². The van der Waals surface area contributed by atoms with E-state index in [4.69, 9.17) is 9.82 Å².